The van der Waals surface area contributed by atoms with E-state index in [1.165, 1.54) is 13.0 Å². The molecule has 1 aromatic carbocycles. The van der Waals surface area contributed by atoms with E-state index in [0.717, 1.165) is 11.3 Å². The molecule has 0 heterocycles. The largest absolute Gasteiger partial charge is 0.548 e. The van der Waals surface area contributed by atoms with Crippen LogP contribution in [0.15, 0.2) is 30.3 Å². The van der Waals surface area contributed by atoms with Crippen molar-refractivity contribution in [2.75, 3.05) is 7.11 Å². The second-order valence-electron chi connectivity index (χ2n) is 3.66. The van der Waals surface area contributed by atoms with Crippen LogP contribution >= 0.6 is 0 Å². The Labute approximate surface area is 105 Å². The van der Waals surface area contributed by atoms with Gasteiger partial charge in [-0.2, -0.15) is 0 Å². The predicted octanol–water partition coefficient (Wildman–Crippen LogP) is -0.0370. The topological polar surface area (TPSA) is 78.5 Å². The van der Waals surface area contributed by atoms with E-state index < -0.39 is 17.9 Å². The normalized spacial score (nSPS) is 12.1. The van der Waals surface area contributed by atoms with Crippen molar-refractivity contribution in [3.05, 3.63) is 35.9 Å². The van der Waals surface area contributed by atoms with Crippen LogP contribution in [0.4, 0.5) is 0 Å². The van der Waals surface area contributed by atoms with Crippen LogP contribution in [0.25, 0.3) is 6.08 Å². The van der Waals surface area contributed by atoms with Crippen molar-refractivity contribution in [3.8, 4) is 5.75 Å². The van der Waals surface area contributed by atoms with Crippen molar-refractivity contribution < 1.29 is 19.4 Å². The summed E-state index contributed by atoms with van der Waals surface area (Å²) in [7, 11) is 1.57. The summed E-state index contributed by atoms with van der Waals surface area (Å²) in [5.41, 5.74) is 0.812. The van der Waals surface area contributed by atoms with Gasteiger partial charge in [0.05, 0.1) is 19.1 Å². The molecule has 1 aromatic rings. The molecular formula is C13H14NO4-. The Kier molecular flexibility index (Phi) is 4.92. The number of methoxy groups -OCH3 is 1. The van der Waals surface area contributed by atoms with E-state index in [-0.39, 0.29) is 0 Å². The molecule has 0 aliphatic heterocycles. The van der Waals surface area contributed by atoms with E-state index in [1.54, 1.807) is 37.5 Å². The lowest BCUT2D eigenvalue weighted by atomic mass is 10.2. The third kappa shape index (κ3) is 4.29. The number of carbonyl (C=O) groups excluding carboxylic acids is 2. The number of nitrogens with one attached hydrogen (secondary N) is 1. The minimum atomic E-state index is -1.32. The maximum absolute atomic E-state index is 11.3. The first kappa shape index (κ1) is 13.8. The quantitative estimate of drug-likeness (QED) is 0.742. The third-order valence-electron chi connectivity index (χ3n) is 2.26. The molecule has 0 unspecified atom stereocenters. The number of aliphatic carboxylic acids is 1. The molecule has 0 radical (unpaired) electrons. The van der Waals surface area contributed by atoms with Gasteiger partial charge < -0.3 is 20.0 Å². The van der Waals surface area contributed by atoms with E-state index in [9.17, 15) is 14.7 Å². The van der Waals surface area contributed by atoms with E-state index in [4.69, 9.17) is 4.74 Å². The number of carboxylic acid groups (broad SMARTS) is 1. The van der Waals surface area contributed by atoms with Crippen molar-refractivity contribution in [1.29, 1.82) is 0 Å². The third-order valence-corrected chi connectivity index (χ3v) is 2.26. The predicted molar refractivity (Wildman–Crippen MR) is 64.6 cm³/mol. The van der Waals surface area contributed by atoms with Gasteiger partial charge in [-0.1, -0.05) is 12.1 Å². The van der Waals surface area contributed by atoms with E-state index >= 15 is 0 Å². The van der Waals surface area contributed by atoms with Gasteiger partial charge in [0.15, 0.2) is 0 Å². The Morgan fingerprint density at radius 3 is 2.44 bits per heavy atom. The summed E-state index contributed by atoms with van der Waals surface area (Å²) in [5.74, 6) is -1.08. The van der Waals surface area contributed by atoms with Crippen LogP contribution in [0.3, 0.4) is 0 Å². The summed E-state index contributed by atoms with van der Waals surface area (Å²) in [5, 5.41) is 12.7. The lowest BCUT2D eigenvalue weighted by Crippen LogP contribution is -2.45. The zero-order valence-corrected chi connectivity index (χ0v) is 10.2. The Balaban J connectivity index is 2.57. The Hall–Kier alpha value is -2.30. The van der Waals surface area contributed by atoms with Gasteiger partial charge in [0, 0.05) is 6.08 Å². The van der Waals surface area contributed by atoms with Gasteiger partial charge in [-0.25, -0.2) is 0 Å². The SMILES string of the molecule is COc1ccc(/C=C/C(=O)N[C@@H](C)C(=O)[O-])cc1. The number of hydrogen-bond donors (Lipinski definition) is 1. The number of rotatable bonds is 5. The lowest BCUT2D eigenvalue weighted by molar-refractivity contribution is -0.307. The molecule has 5 nitrogen and oxygen atoms in total. The van der Waals surface area contributed by atoms with Gasteiger partial charge in [0.2, 0.25) is 5.91 Å². The fourth-order valence-electron chi connectivity index (χ4n) is 1.21. The van der Waals surface area contributed by atoms with E-state index in [2.05, 4.69) is 5.32 Å². The monoisotopic (exact) mass is 248 g/mol. The molecule has 5 heteroatoms. The van der Waals surface area contributed by atoms with Crippen LogP contribution in [0.5, 0.6) is 5.75 Å². The average Bonchev–Trinajstić information content (AvgIpc) is 2.36. The zero-order valence-electron chi connectivity index (χ0n) is 10.2. The number of ether oxygens (including phenoxy) is 1. The smallest absolute Gasteiger partial charge is 0.244 e. The maximum atomic E-state index is 11.3. The summed E-state index contributed by atoms with van der Waals surface area (Å²) in [6.07, 6.45) is 2.85. The van der Waals surface area contributed by atoms with Gasteiger partial charge in [-0.3, -0.25) is 4.79 Å². The number of hydrogen-bond acceptors (Lipinski definition) is 4. The van der Waals surface area contributed by atoms with Crippen LogP contribution in [0.2, 0.25) is 0 Å². The number of benzene rings is 1. The Morgan fingerprint density at radius 2 is 1.94 bits per heavy atom. The second kappa shape index (κ2) is 6.44. The van der Waals surface area contributed by atoms with Gasteiger partial charge in [0.25, 0.3) is 0 Å². The molecule has 0 saturated heterocycles. The van der Waals surface area contributed by atoms with Crippen molar-refractivity contribution in [3.63, 3.8) is 0 Å². The molecule has 0 aliphatic rings. The molecule has 0 bridgehead atoms. The Morgan fingerprint density at radius 1 is 1.33 bits per heavy atom. The fourth-order valence-corrected chi connectivity index (χ4v) is 1.21. The minimum Gasteiger partial charge on any atom is -0.548 e. The summed E-state index contributed by atoms with van der Waals surface area (Å²) in [4.78, 5) is 21.8. The second-order valence-corrected chi connectivity index (χ2v) is 3.66. The van der Waals surface area contributed by atoms with Gasteiger partial charge in [-0.05, 0) is 30.7 Å². The Bertz CT molecular complexity index is 451. The fraction of sp³-hybridized carbons (Fsp3) is 0.231. The number of amides is 1. The van der Waals surface area contributed by atoms with Crippen molar-refractivity contribution in [2.24, 2.45) is 0 Å². The molecule has 1 rings (SSSR count). The average molecular weight is 248 g/mol. The molecule has 96 valence electrons. The summed E-state index contributed by atoms with van der Waals surface area (Å²) in [6.45, 7) is 1.34. The van der Waals surface area contributed by atoms with Crippen molar-refractivity contribution in [2.45, 2.75) is 13.0 Å². The molecule has 1 atom stereocenters. The molecule has 0 fully saturated rings. The molecule has 1 N–H and O–H groups in total. The summed E-state index contributed by atoms with van der Waals surface area (Å²) < 4.78 is 5.00. The van der Waals surface area contributed by atoms with E-state index in [1.807, 2.05) is 0 Å². The lowest BCUT2D eigenvalue weighted by Gasteiger charge is -2.12. The minimum absolute atomic E-state index is 0.484. The first-order valence-electron chi connectivity index (χ1n) is 5.36. The number of carboxylic acids is 1. The molecule has 1 amide bonds. The van der Waals surface area contributed by atoms with Gasteiger partial charge in [-0.15, -0.1) is 0 Å². The summed E-state index contributed by atoms with van der Waals surface area (Å²) in [6, 6.07) is 6.08. The van der Waals surface area contributed by atoms with Gasteiger partial charge in [0.1, 0.15) is 5.75 Å². The molecular weight excluding hydrogens is 234 g/mol. The van der Waals surface area contributed by atoms with Crippen molar-refractivity contribution in [1.82, 2.24) is 5.32 Å². The highest BCUT2D eigenvalue weighted by Crippen LogP contribution is 2.12. The summed E-state index contributed by atoms with van der Waals surface area (Å²) >= 11 is 0. The van der Waals surface area contributed by atoms with Crippen LogP contribution < -0.4 is 15.2 Å². The highest BCUT2D eigenvalue weighted by Gasteiger charge is 2.04. The first-order valence-corrected chi connectivity index (χ1v) is 5.36. The van der Waals surface area contributed by atoms with Crippen LogP contribution in [0, 0.1) is 0 Å². The van der Waals surface area contributed by atoms with Crippen molar-refractivity contribution >= 4 is 18.0 Å². The molecule has 18 heavy (non-hydrogen) atoms. The maximum Gasteiger partial charge on any atom is 0.244 e. The molecule has 0 aliphatic carbocycles. The highest BCUT2D eigenvalue weighted by molar-refractivity contribution is 5.94. The zero-order chi connectivity index (χ0) is 13.5. The molecule has 0 saturated carbocycles. The molecule has 0 aromatic heterocycles. The van der Waals surface area contributed by atoms with Gasteiger partial charge >= 0.3 is 0 Å². The highest BCUT2D eigenvalue weighted by atomic mass is 16.5. The number of carbonyl (C=O) groups is 2. The van der Waals surface area contributed by atoms with E-state index in [0.29, 0.717) is 0 Å². The first-order chi connectivity index (χ1) is 8.52. The van der Waals surface area contributed by atoms with Crippen LogP contribution in [0.1, 0.15) is 12.5 Å². The molecule has 0 spiro atoms. The van der Waals surface area contributed by atoms with Crippen LogP contribution in [-0.4, -0.2) is 25.0 Å². The standard InChI is InChI=1S/C13H15NO4/c1-9(13(16)17)14-12(15)8-5-10-3-6-11(18-2)7-4-10/h3-9H,1-2H3,(H,14,15)(H,16,17)/p-1/b8-5+/t9-/m0/s1. The van der Waals surface area contributed by atoms with Crippen LogP contribution in [-0.2, 0) is 9.59 Å².